The molecule has 0 saturated heterocycles. The van der Waals surface area contributed by atoms with Gasteiger partial charge in [-0.25, -0.2) is 14.7 Å². The molecule has 4 aromatic rings. The lowest BCUT2D eigenvalue weighted by atomic mass is 10.1. The van der Waals surface area contributed by atoms with Gasteiger partial charge in [-0.15, -0.1) is 0 Å². The van der Waals surface area contributed by atoms with Gasteiger partial charge in [-0.2, -0.15) is 0 Å². The highest BCUT2D eigenvalue weighted by atomic mass is 16.5. The van der Waals surface area contributed by atoms with E-state index in [9.17, 15) is 14.4 Å². The molecule has 0 aliphatic carbocycles. The van der Waals surface area contributed by atoms with Crippen LogP contribution in [0.4, 0.5) is 5.69 Å². The summed E-state index contributed by atoms with van der Waals surface area (Å²) in [6.45, 7) is 0. The van der Waals surface area contributed by atoms with Gasteiger partial charge in [0, 0.05) is 11.6 Å². The Labute approximate surface area is 181 Å². The fourth-order valence-corrected chi connectivity index (χ4v) is 3.71. The average molecular weight is 428 g/mol. The number of rotatable bonds is 4. The van der Waals surface area contributed by atoms with Crippen molar-refractivity contribution < 1.29 is 23.5 Å². The normalized spacial score (nSPS) is 12.9. The first kappa shape index (κ1) is 19.5. The topological polar surface area (TPSA) is 98.9 Å². The second kappa shape index (κ2) is 7.35. The van der Waals surface area contributed by atoms with Crippen LogP contribution in [0.3, 0.4) is 0 Å². The van der Waals surface area contributed by atoms with Gasteiger partial charge in [0.2, 0.25) is 5.89 Å². The number of fused-ring (bicyclic) bond motifs is 2. The van der Waals surface area contributed by atoms with Gasteiger partial charge in [-0.05, 0) is 42.5 Å². The summed E-state index contributed by atoms with van der Waals surface area (Å²) >= 11 is 0. The second-order valence-corrected chi connectivity index (χ2v) is 7.07. The highest BCUT2D eigenvalue weighted by Crippen LogP contribution is 2.38. The number of methoxy groups -OCH3 is 2. The number of aromatic nitrogens is 1. The van der Waals surface area contributed by atoms with Crippen molar-refractivity contribution in [1.82, 2.24) is 4.98 Å². The van der Waals surface area contributed by atoms with E-state index in [0.29, 0.717) is 28.0 Å². The maximum Gasteiger partial charge on any atom is 0.347 e. The van der Waals surface area contributed by atoms with Gasteiger partial charge in [0.05, 0.1) is 41.9 Å². The Morgan fingerprint density at radius 3 is 2.41 bits per heavy atom. The minimum atomic E-state index is -0.531. The molecule has 3 aromatic carbocycles. The van der Waals surface area contributed by atoms with Crippen LogP contribution < -0.4 is 20.0 Å². The highest BCUT2D eigenvalue weighted by molar-refractivity contribution is 6.35. The van der Waals surface area contributed by atoms with E-state index < -0.39 is 17.4 Å². The molecule has 32 heavy (non-hydrogen) atoms. The van der Waals surface area contributed by atoms with Crippen LogP contribution in [-0.4, -0.2) is 31.0 Å². The molecule has 5 rings (SSSR count). The van der Waals surface area contributed by atoms with E-state index in [-0.39, 0.29) is 22.7 Å². The number of hydrogen-bond donors (Lipinski definition) is 0. The Kier molecular flexibility index (Phi) is 4.48. The van der Waals surface area contributed by atoms with Crippen molar-refractivity contribution in [3.8, 4) is 23.0 Å². The second-order valence-electron chi connectivity index (χ2n) is 7.07. The Balaban J connectivity index is 1.61. The lowest BCUT2D eigenvalue weighted by molar-refractivity contribution is 0.0925. The number of ether oxygens (including phenoxy) is 2. The molecule has 0 unspecified atom stereocenters. The van der Waals surface area contributed by atoms with E-state index in [1.165, 1.54) is 26.4 Å². The number of para-hydroxylation sites is 1. The SMILES string of the molecule is COc1ccc(OC)c(N2C(=O)c3ccc(-c4nc5ccccc5c(=O)o4)cc3C2=O)c1. The minimum absolute atomic E-state index is 0.0640. The maximum atomic E-state index is 13.2. The van der Waals surface area contributed by atoms with E-state index >= 15 is 0 Å². The zero-order valence-corrected chi connectivity index (χ0v) is 17.1. The largest absolute Gasteiger partial charge is 0.497 e. The molecular weight excluding hydrogens is 412 g/mol. The van der Waals surface area contributed by atoms with E-state index in [1.807, 2.05) is 0 Å². The summed E-state index contributed by atoms with van der Waals surface area (Å²) in [5.41, 5.74) is 1.03. The van der Waals surface area contributed by atoms with Crippen molar-refractivity contribution in [3.63, 3.8) is 0 Å². The third-order valence-corrected chi connectivity index (χ3v) is 5.30. The molecule has 1 aliphatic heterocycles. The third kappa shape index (κ3) is 2.92. The van der Waals surface area contributed by atoms with Crippen LogP contribution in [0.1, 0.15) is 20.7 Å². The van der Waals surface area contributed by atoms with Crippen molar-refractivity contribution in [2.45, 2.75) is 0 Å². The predicted octanol–water partition coefficient (Wildman–Crippen LogP) is 3.67. The Morgan fingerprint density at radius 2 is 1.62 bits per heavy atom. The number of benzene rings is 3. The van der Waals surface area contributed by atoms with E-state index in [1.54, 1.807) is 48.5 Å². The number of hydrogen-bond acceptors (Lipinski definition) is 7. The Morgan fingerprint density at radius 1 is 0.844 bits per heavy atom. The van der Waals surface area contributed by atoms with Crippen molar-refractivity contribution >= 4 is 28.4 Å². The molecule has 0 bridgehead atoms. The number of imide groups is 1. The van der Waals surface area contributed by atoms with Gasteiger partial charge in [0.1, 0.15) is 11.5 Å². The summed E-state index contributed by atoms with van der Waals surface area (Å²) in [6.07, 6.45) is 0. The van der Waals surface area contributed by atoms with Gasteiger partial charge in [0.25, 0.3) is 11.8 Å². The van der Waals surface area contributed by atoms with Crippen LogP contribution in [0.15, 0.2) is 69.9 Å². The number of carbonyl (C=O) groups excluding carboxylic acids is 2. The summed E-state index contributed by atoms with van der Waals surface area (Å²) in [4.78, 5) is 44.1. The smallest absolute Gasteiger partial charge is 0.347 e. The number of amides is 2. The van der Waals surface area contributed by atoms with Gasteiger partial charge in [-0.3, -0.25) is 9.59 Å². The molecular formula is C24H16N2O6. The first-order valence-corrected chi connectivity index (χ1v) is 9.67. The standard InChI is InChI=1S/C24H16N2O6/c1-30-14-8-10-20(31-2)19(12-14)26-22(27)15-9-7-13(11-17(15)23(26)28)21-25-18-6-4-3-5-16(18)24(29)32-21/h3-12H,1-2H3. The van der Waals surface area contributed by atoms with Crippen molar-refractivity contribution in [2.75, 3.05) is 19.1 Å². The molecule has 0 saturated carbocycles. The summed E-state index contributed by atoms with van der Waals surface area (Å²) in [5.74, 6) is -0.130. The van der Waals surface area contributed by atoms with Gasteiger partial charge < -0.3 is 13.9 Å². The van der Waals surface area contributed by atoms with Gasteiger partial charge >= 0.3 is 5.63 Å². The van der Waals surface area contributed by atoms with E-state index in [4.69, 9.17) is 13.9 Å². The molecule has 2 heterocycles. The maximum absolute atomic E-state index is 13.2. The van der Waals surface area contributed by atoms with Crippen LogP contribution in [0.25, 0.3) is 22.4 Å². The molecule has 0 radical (unpaired) electrons. The first-order valence-electron chi connectivity index (χ1n) is 9.67. The van der Waals surface area contributed by atoms with Gasteiger partial charge in [-0.1, -0.05) is 12.1 Å². The molecule has 8 heteroatoms. The van der Waals surface area contributed by atoms with Crippen molar-refractivity contribution in [1.29, 1.82) is 0 Å². The van der Waals surface area contributed by atoms with E-state index in [2.05, 4.69) is 4.98 Å². The molecule has 1 aliphatic rings. The summed E-state index contributed by atoms with van der Waals surface area (Å²) in [6, 6.07) is 16.3. The summed E-state index contributed by atoms with van der Waals surface area (Å²) < 4.78 is 15.9. The zero-order chi connectivity index (χ0) is 22.4. The van der Waals surface area contributed by atoms with Crippen LogP contribution in [0, 0.1) is 0 Å². The zero-order valence-electron chi connectivity index (χ0n) is 17.1. The molecule has 0 fully saturated rings. The molecule has 158 valence electrons. The Bertz CT molecular complexity index is 1470. The Hall–Kier alpha value is -4.46. The monoisotopic (exact) mass is 428 g/mol. The summed E-state index contributed by atoms with van der Waals surface area (Å²) in [7, 11) is 2.94. The quantitative estimate of drug-likeness (QED) is 0.457. The number of anilines is 1. The fraction of sp³-hybridized carbons (Fsp3) is 0.0833. The van der Waals surface area contributed by atoms with Gasteiger partial charge in [0.15, 0.2) is 0 Å². The molecule has 2 amide bonds. The van der Waals surface area contributed by atoms with Crippen LogP contribution >= 0.6 is 0 Å². The lowest BCUT2D eigenvalue weighted by Crippen LogP contribution is -2.29. The number of nitrogens with zero attached hydrogens (tertiary/aromatic N) is 2. The van der Waals surface area contributed by atoms with E-state index in [0.717, 1.165) is 4.90 Å². The predicted molar refractivity (Wildman–Crippen MR) is 116 cm³/mol. The first-order chi connectivity index (χ1) is 15.5. The molecule has 8 nitrogen and oxygen atoms in total. The number of carbonyl (C=O) groups is 2. The molecule has 0 N–H and O–H groups in total. The van der Waals surface area contributed by atoms with Crippen molar-refractivity contribution in [3.05, 3.63) is 82.2 Å². The van der Waals surface area contributed by atoms with Crippen LogP contribution in [0.5, 0.6) is 11.5 Å². The summed E-state index contributed by atoms with van der Waals surface area (Å²) in [5, 5.41) is 0.361. The molecule has 1 aromatic heterocycles. The third-order valence-electron chi connectivity index (χ3n) is 5.30. The molecule has 0 spiro atoms. The molecule has 0 atom stereocenters. The lowest BCUT2D eigenvalue weighted by Gasteiger charge is -2.18. The van der Waals surface area contributed by atoms with Crippen molar-refractivity contribution in [2.24, 2.45) is 0 Å². The highest BCUT2D eigenvalue weighted by Gasteiger charge is 2.38. The van der Waals surface area contributed by atoms with Crippen LogP contribution in [-0.2, 0) is 0 Å². The fourth-order valence-electron chi connectivity index (χ4n) is 3.71. The minimum Gasteiger partial charge on any atom is -0.497 e. The average Bonchev–Trinajstić information content (AvgIpc) is 3.07. The van der Waals surface area contributed by atoms with Crippen LogP contribution in [0.2, 0.25) is 0 Å².